The van der Waals surface area contributed by atoms with E-state index in [-0.39, 0.29) is 11.6 Å². The molecule has 0 atom stereocenters. The molecule has 0 aliphatic carbocycles. The maximum absolute atomic E-state index is 10.5. The van der Waals surface area contributed by atoms with Crippen LogP contribution in [-0.4, -0.2) is 36.7 Å². The molecule has 0 saturated carbocycles. The highest BCUT2D eigenvalue weighted by Crippen LogP contribution is 2.30. The van der Waals surface area contributed by atoms with Crippen molar-refractivity contribution in [3.05, 3.63) is 63.7 Å². The molecule has 144 valence electrons. The minimum absolute atomic E-state index is 0.191. The van der Waals surface area contributed by atoms with E-state index in [1.54, 1.807) is 18.6 Å². The van der Waals surface area contributed by atoms with E-state index < -0.39 is 4.92 Å². The Balaban J connectivity index is 0.00000176. The Kier molecular flexibility index (Phi) is 10.8. The van der Waals surface area contributed by atoms with Gasteiger partial charge in [-0.15, -0.1) is 21.8 Å². The first kappa shape index (κ1) is 23.2. The second-order valence-corrected chi connectivity index (χ2v) is 7.29. The molecule has 2 heterocycles. The molecular weight excluding hydrogens is 429 g/mol. The third-order valence-corrected chi connectivity index (χ3v) is 5.60. The Morgan fingerprint density at radius 3 is 2.70 bits per heavy atom. The molecule has 0 aromatic carbocycles. The van der Waals surface area contributed by atoms with Crippen molar-refractivity contribution in [1.29, 1.82) is 0 Å². The summed E-state index contributed by atoms with van der Waals surface area (Å²) in [6, 6.07) is 0. The van der Waals surface area contributed by atoms with Crippen molar-refractivity contribution in [2.45, 2.75) is 18.2 Å². The maximum atomic E-state index is 10.5. The normalized spacial score (nSPS) is 11.6. The molecule has 11 heteroatoms. The number of allylic oxidation sites excluding steroid dienone is 3. The number of rotatable bonds is 8. The fourth-order valence-electron chi connectivity index (χ4n) is 1.45. The van der Waals surface area contributed by atoms with Gasteiger partial charge in [-0.25, -0.2) is 0 Å². The Bertz CT molecular complexity index is 825. The molecule has 0 aliphatic rings. The van der Waals surface area contributed by atoms with Gasteiger partial charge < -0.3 is 0 Å². The van der Waals surface area contributed by atoms with Crippen LogP contribution in [0.5, 0.6) is 0 Å². The van der Waals surface area contributed by atoms with Crippen LogP contribution >= 0.6 is 46.3 Å². The van der Waals surface area contributed by atoms with Gasteiger partial charge in [0.25, 0.3) is 5.70 Å². The summed E-state index contributed by atoms with van der Waals surface area (Å²) in [5.41, 5.74) is 1.12. The summed E-state index contributed by atoms with van der Waals surface area (Å²) in [5, 5.41) is 19.7. The van der Waals surface area contributed by atoms with Gasteiger partial charge in [0.2, 0.25) is 0 Å². The van der Waals surface area contributed by atoms with Gasteiger partial charge in [0.15, 0.2) is 9.35 Å². The van der Waals surface area contributed by atoms with Crippen LogP contribution in [0, 0.1) is 10.1 Å². The lowest BCUT2D eigenvalue weighted by Crippen LogP contribution is -1.94. The molecule has 0 amide bonds. The van der Waals surface area contributed by atoms with Crippen LogP contribution in [0.2, 0.25) is 0 Å². The van der Waals surface area contributed by atoms with E-state index in [2.05, 4.69) is 26.7 Å². The van der Waals surface area contributed by atoms with Crippen molar-refractivity contribution in [2.24, 2.45) is 0 Å². The third-order valence-electron chi connectivity index (χ3n) is 2.71. The monoisotopic (exact) mass is 445 g/mol. The van der Waals surface area contributed by atoms with Gasteiger partial charge in [0.05, 0.1) is 11.1 Å². The zero-order valence-corrected chi connectivity index (χ0v) is 17.8. The van der Waals surface area contributed by atoms with E-state index in [0.29, 0.717) is 21.5 Å². The molecule has 0 fully saturated rings. The summed E-state index contributed by atoms with van der Waals surface area (Å²) in [7, 11) is 0. The molecule has 7 nitrogen and oxygen atoms in total. The molecule has 0 spiro atoms. The topological polar surface area (TPSA) is 94.7 Å². The van der Waals surface area contributed by atoms with E-state index in [1.165, 1.54) is 35.3 Å². The molecule has 0 bridgehead atoms. The number of aromatic nitrogens is 4. The second kappa shape index (κ2) is 12.6. The largest absolute Gasteiger partial charge is 0.262 e. The van der Waals surface area contributed by atoms with Crippen molar-refractivity contribution in [3.63, 3.8) is 0 Å². The Morgan fingerprint density at radius 1 is 1.37 bits per heavy atom. The van der Waals surface area contributed by atoms with Crippen molar-refractivity contribution >= 4 is 46.3 Å². The summed E-state index contributed by atoms with van der Waals surface area (Å²) in [6.45, 7) is 7.30. The summed E-state index contributed by atoms with van der Waals surface area (Å²) < 4.78 is 0.728. The standard InChI is InChI=1S/C14H11Cl2N5O2S2.C2H6/c1-9(21(22)23)2-3-11(16)10(6-15)8-24-14-20-19-13(25-14)12-7-17-4-5-18-12;1-2/h2-5,7H,1,6,8H2;1-2H3/b3-2-,11-10-;. The summed E-state index contributed by atoms with van der Waals surface area (Å²) >= 11 is 14.9. The van der Waals surface area contributed by atoms with Crippen LogP contribution in [0.4, 0.5) is 0 Å². The number of nitro groups is 1. The van der Waals surface area contributed by atoms with Crippen molar-refractivity contribution < 1.29 is 4.92 Å². The van der Waals surface area contributed by atoms with Gasteiger partial charge >= 0.3 is 0 Å². The van der Waals surface area contributed by atoms with E-state index in [4.69, 9.17) is 23.2 Å². The summed E-state index contributed by atoms with van der Waals surface area (Å²) in [5.74, 6) is 0.670. The number of alkyl halides is 1. The molecule has 27 heavy (non-hydrogen) atoms. The molecule has 0 saturated heterocycles. The Morgan fingerprint density at radius 2 is 2.11 bits per heavy atom. The van der Waals surface area contributed by atoms with Crippen molar-refractivity contribution in [3.8, 4) is 10.7 Å². The molecule has 2 rings (SSSR count). The van der Waals surface area contributed by atoms with Gasteiger partial charge in [-0.05, 0) is 18.2 Å². The van der Waals surface area contributed by atoms with E-state index in [1.807, 2.05) is 13.8 Å². The van der Waals surface area contributed by atoms with Crippen LogP contribution in [0.15, 0.2) is 58.0 Å². The lowest BCUT2D eigenvalue weighted by atomic mass is 10.3. The van der Waals surface area contributed by atoms with Gasteiger partial charge in [0.1, 0.15) is 5.69 Å². The summed E-state index contributed by atoms with van der Waals surface area (Å²) in [6.07, 6.45) is 7.43. The van der Waals surface area contributed by atoms with E-state index in [0.717, 1.165) is 9.91 Å². The average Bonchev–Trinajstić information content (AvgIpc) is 3.17. The number of halogens is 2. The number of nitrogens with zero attached hydrogens (tertiary/aromatic N) is 5. The smallest absolute Gasteiger partial charge is 0.261 e. The molecule has 2 aromatic heterocycles. The molecule has 0 unspecified atom stereocenters. The van der Waals surface area contributed by atoms with Crippen molar-refractivity contribution in [1.82, 2.24) is 20.2 Å². The fraction of sp³-hybridized carbons (Fsp3) is 0.250. The van der Waals surface area contributed by atoms with Crippen molar-refractivity contribution in [2.75, 3.05) is 11.6 Å². The fourth-order valence-corrected chi connectivity index (χ4v) is 3.99. The first-order valence-electron chi connectivity index (χ1n) is 7.68. The number of hydrogen-bond donors (Lipinski definition) is 0. The maximum Gasteiger partial charge on any atom is 0.262 e. The van der Waals surface area contributed by atoms with Gasteiger partial charge in [0, 0.05) is 35.1 Å². The highest BCUT2D eigenvalue weighted by molar-refractivity contribution is 8.01. The molecule has 0 N–H and O–H groups in total. The number of thioether (sulfide) groups is 1. The highest BCUT2D eigenvalue weighted by atomic mass is 35.5. The molecule has 2 aromatic rings. The Hall–Kier alpha value is -1.81. The van der Waals surface area contributed by atoms with Gasteiger partial charge in [-0.2, -0.15) is 0 Å². The molecule has 0 aliphatic heterocycles. The van der Waals surface area contributed by atoms with E-state index in [9.17, 15) is 10.1 Å². The van der Waals surface area contributed by atoms with E-state index >= 15 is 0 Å². The number of hydrogen-bond acceptors (Lipinski definition) is 8. The van der Waals surface area contributed by atoms with Crippen LogP contribution in [-0.2, 0) is 0 Å². The molecular formula is C16H17Cl2N5O2S2. The lowest BCUT2D eigenvalue weighted by Gasteiger charge is -2.03. The third kappa shape index (κ3) is 7.76. The predicted octanol–water partition coefficient (Wildman–Crippen LogP) is 5.19. The zero-order chi connectivity index (χ0) is 20.2. The minimum Gasteiger partial charge on any atom is -0.261 e. The van der Waals surface area contributed by atoms with Crippen LogP contribution in [0.1, 0.15) is 13.8 Å². The SMILES string of the molecule is C=C(/C=C\C(Cl)=C(/CCl)CSc1nnc(-c2cnccn2)s1)[N+](=O)[O-].CC. The second-order valence-electron chi connectivity index (χ2n) is 4.42. The van der Waals surface area contributed by atoms with Crippen LogP contribution in [0.25, 0.3) is 10.7 Å². The zero-order valence-electron chi connectivity index (χ0n) is 14.6. The average molecular weight is 446 g/mol. The predicted molar refractivity (Wildman–Crippen MR) is 112 cm³/mol. The minimum atomic E-state index is -0.592. The lowest BCUT2D eigenvalue weighted by molar-refractivity contribution is -0.418. The quantitative estimate of drug-likeness (QED) is 0.181. The first-order chi connectivity index (χ1) is 13.0. The first-order valence-corrected chi connectivity index (χ1v) is 10.4. The highest BCUT2D eigenvalue weighted by Gasteiger charge is 2.10. The van der Waals surface area contributed by atoms with Crippen LogP contribution < -0.4 is 0 Å². The van der Waals surface area contributed by atoms with Gasteiger partial charge in [-0.1, -0.05) is 48.5 Å². The Labute approximate surface area is 175 Å². The summed E-state index contributed by atoms with van der Waals surface area (Å²) in [4.78, 5) is 18.1. The van der Waals surface area contributed by atoms with Crippen LogP contribution in [0.3, 0.4) is 0 Å². The molecule has 0 radical (unpaired) electrons. The van der Waals surface area contributed by atoms with Gasteiger partial charge in [-0.3, -0.25) is 20.1 Å².